The molecule has 0 bridgehead atoms. The van der Waals surface area contributed by atoms with Crippen LogP contribution in [0.4, 0.5) is 0 Å². The molecule has 0 aliphatic heterocycles. The number of hydrogen-bond acceptors (Lipinski definition) is 1. The molecule has 3 heteroatoms. The fourth-order valence-electron chi connectivity index (χ4n) is 1.20. The Morgan fingerprint density at radius 3 is 2.13 bits per heavy atom. The molecule has 0 heterocycles. The number of benzene rings is 1. The van der Waals surface area contributed by atoms with Crippen molar-refractivity contribution in [2.45, 2.75) is 6.92 Å². The fraction of sp³-hybridized carbons (Fsp3) is 0.333. The van der Waals surface area contributed by atoms with E-state index >= 15 is 0 Å². The van der Waals surface area contributed by atoms with Gasteiger partial charge in [0.25, 0.3) is 0 Å². The van der Waals surface area contributed by atoms with Gasteiger partial charge in [-0.05, 0) is 26.6 Å². The van der Waals surface area contributed by atoms with Crippen molar-refractivity contribution in [3.05, 3.63) is 40.4 Å². The van der Waals surface area contributed by atoms with Crippen LogP contribution in [0.15, 0.2) is 29.3 Å². The van der Waals surface area contributed by atoms with Crippen LogP contribution in [0.2, 0.25) is 0 Å². The van der Waals surface area contributed by atoms with Crippen LogP contribution in [0.3, 0.4) is 0 Å². The zero-order chi connectivity index (χ0) is 11.4. The van der Waals surface area contributed by atoms with Gasteiger partial charge in [-0.25, -0.2) is 0 Å². The van der Waals surface area contributed by atoms with Gasteiger partial charge in [-0.1, -0.05) is 53.0 Å². The first-order valence-corrected chi connectivity index (χ1v) is 5.52. The number of rotatable bonds is 3. The van der Waals surface area contributed by atoms with Gasteiger partial charge < -0.3 is 4.90 Å². The van der Waals surface area contributed by atoms with Crippen molar-refractivity contribution < 1.29 is 0 Å². The van der Waals surface area contributed by atoms with Crippen LogP contribution in [-0.2, 0) is 0 Å². The second-order valence-corrected chi connectivity index (χ2v) is 4.66. The Morgan fingerprint density at radius 1 is 1.13 bits per heavy atom. The molecule has 1 nitrogen and oxygen atoms in total. The Balaban J connectivity index is 2.92. The SMILES string of the molecule is Cc1ccc(C(Cl)=C(Cl)CN(C)C)cc1. The third-order valence-electron chi connectivity index (χ3n) is 2.00. The van der Waals surface area contributed by atoms with Crippen molar-refractivity contribution in [3.8, 4) is 0 Å². The summed E-state index contributed by atoms with van der Waals surface area (Å²) in [7, 11) is 3.92. The first-order valence-electron chi connectivity index (χ1n) is 4.76. The lowest BCUT2D eigenvalue weighted by Crippen LogP contribution is -2.13. The molecular weight excluding hydrogens is 229 g/mol. The first kappa shape index (κ1) is 12.6. The van der Waals surface area contributed by atoms with Crippen LogP contribution in [0.25, 0.3) is 5.03 Å². The minimum Gasteiger partial charge on any atom is -0.304 e. The lowest BCUT2D eigenvalue weighted by atomic mass is 10.1. The summed E-state index contributed by atoms with van der Waals surface area (Å²) >= 11 is 12.3. The van der Waals surface area contributed by atoms with Gasteiger partial charge in [-0.15, -0.1) is 0 Å². The molecule has 0 amide bonds. The van der Waals surface area contributed by atoms with Gasteiger partial charge in [0.2, 0.25) is 0 Å². The summed E-state index contributed by atoms with van der Waals surface area (Å²) < 4.78 is 0. The second kappa shape index (κ2) is 5.55. The summed E-state index contributed by atoms with van der Waals surface area (Å²) in [5, 5.41) is 1.30. The molecule has 0 aliphatic rings. The standard InChI is InChI=1S/C12H15Cl2N/c1-9-4-6-10(7-5-9)12(14)11(13)8-15(2)3/h4-7H,8H2,1-3H3. The fourth-order valence-corrected chi connectivity index (χ4v) is 1.74. The van der Waals surface area contributed by atoms with Crippen molar-refractivity contribution in [3.63, 3.8) is 0 Å². The third kappa shape index (κ3) is 3.86. The Morgan fingerprint density at radius 2 is 1.67 bits per heavy atom. The zero-order valence-electron chi connectivity index (χ0n) is 9.22. The molecule has 0 saturated heterocycles. The highest BCUT2D eigenvalue weighted by Crippen LogP contribution is 2.25. The van der Waals surface area contributed by atoms with Gasteiger partial charge in [0.05, 0.1) is 10.1 Å². The van der Waals surface area contributed by atoms with Gasteiger partial charge in [0.1, 0.15) is 0 Å². The Hall–Kier alpha value is -0.500. The van der Waals surface area contributed by atoms with E-state index in [0.29, 0.717) is 16.6 Å². The minimum atomic E-state index is 0.630. The largest absolute Gasteiger partial charge is 0.304 e. The van der Waals surface area contributed by atoms with Gasteiger partial charge >= 0.3 is 0 Å². The number of halogens is 2. The summed E-state index contributed by atoms with van der Waals surface area (Å²) in [5.41, 5.74) is 2.18. The van der Waals surface area contributed by atoms with Crippen LogP contribution >= 0.6 is 23.2 Å². The monoisotopic (exact) mass is 243 g/mol. The second-order valence-electron chi connectivity index (χ2n) is 3.82. The summed E-state index contributed by atoms with van der Waals surface area (Å²) in [6.45, 7) is 2.71. The highest BCUT2D eigenvalue weighted by Gasteiger charge is 2.05. The molecule has 0 aromatic heterocycles. The predicted octanol–water partition coefficient (Wildman–Crippen LogP) is 3.70. The molecule has 0 atom stereocenters. The molecule has 1 aromatic carbocycles. The average Bonchev–Trinajstić information content (AvgIpc) is 2.17. The zero-order valence-corrected chi connectivity index (χ0v) is 10.7. The molecule has 0 N–H and O–H groups in total. The van der Waals surface area contributed by atoms with Crippen molar-refractivity contribution in [2.24, 2.45) is 0 Å². The molecule has 1 aromatic rings. The topological polar surface area (TPSA) is 3.24 Å². The molecule has 0 spiro atoms. The average molecular weight is 244 g/mol. The molecule has 82 valence electrons. The van der Waals surface area contributed by atoms with E-state index < -0.39 is 0 Å². The minimum absolute atomic E-state index is 0.630. The summed E-state index contributed by atoms with van der Waals surface area (Å²) in [4.78, 5) is 1.99. The summed E-state index contributed by atoms with van der Waals surface area (Å²) in [6.07, 6.45) is 0. The van der Waals surface area contributed by atoms with E-state index in [1.165, 1.54) is 5.56 Å². The quantitative estimate of drug-likeness (QED) is 0.783. The molecule has 0 radical (unpaired) electrons. The van der Waals surface area contributed by atoms with Crippen LogP contribution < -0.4 is 0 Å². The number of aryl methyl sites for hydroxylation is 1. The molecule has 0 saturated carbocycles. The van der Waals surface area contributed by atoms with Crippen LogP contribution in [0, 0.1) is 6.92 Å². The maximum absolute atomic E-state index is 6.17. The molecule has 0 fully saturated rings. The number of likely N-dealkylation sites (N-methyl/N-ethyl adjacent to an activating group) is 1. The van der Waals surface area contributed by atoms with Crippen molar-refractivity contribution in [1.29, 1.82) is 0 Å². The lowest BCUT2D eigenvalue weighted by Gasteiger charge is -2.10. The Labute approximate surface area is 101 Å². The molecular formula is C12H15Cl2N. The van der Waals surface area contributed by atoms with Crippen LogP contribution in [0.5, 0.6) is 0 Å². The van der Waals surface area contributed by atoms with Crippen molar-refractivity contribution in [1.82, 2.24) is 4.90 Å². The maximum Gasteiger partial charge on any atom is 0.0636 e. The van der Waals surface area contributed by atoms with Gasteiger partial charge in [0, 0.05) is 6.54 Å². The third-order valence-corrected chi connectivity index (χ3v) is 2.85. The summed E-state index contributed by atoms with van der Waals surface area (Å²) in [5.74, 6) is 0. The van der Waals surface area contributed by atoms with Gasteiger partial charge in [-0.2, -0.15) is 0 Å². The molecule has 0 aliphatic carbocycles. The van der Waals surface area contributed by atoms with E-state index in [2.05, 4.69) is 0 Å². The van der Waals surface area contributed by atoms with E-state index in [1.807, 2.05) is 50.2 Å². The van der Waals surface area contributed by atoms with E-state index in [0.717, 1.165) is 5.56 Å². The predicted molar refractivity (Wildman–Crippen MR) is 68.4 cm³/mol. The Kier molecular flexibility index (Phi) is 4.65. The molecule has 1 rings (SSSR count). The highest BCUT2D eigenvalue weighted by molar-refractivity contribution is 6.54. The number of nitrogens with zero attached hydrogens (tertiary/aromatic N) is 1. The van der Waals surface area contributed by atoms with E-state index in [-0.39, 0.29) is 0 Å². The molecule has 0 unspecified atom stereocenters. The van der Waals surface area contributed by atoms with Gasteiger partial charge in [0.15, 0.2) is 0 Å². The normalized spacial score (nSPS) is 12.9. The maximum atomic E-state index is 6.17. The smallest absolute Gasteiger partial charge is 0.0636 e. The highest BCUT2D eigenvalue weighted by atomic mass is 35.5. The van der Waals surface area contributed by atoms with Crippen molar-refractivity contribution >= 4 is 28.2 Å². The molecule has 15 heavy (non-hydrogen) atoms. The first-order chi connectivity index (χ1) is 7.00. The lowest BCUT2D eigenvalue weighted by molar-refractivity contribution is 0.453. The van der Waals surface area contributed by atoms with E-state index in [1.54, 1.807) is 0 Å². The summed E-state index contributed by atoms with van der Waals surface area (Å²) in [6, 6.07) is 8.01. The number of hydrogen-bond donors (Lipinski definition) is 0. The van der Waals surface area contributed by atoms with Crippen LogP contribution in [0.1, 0.15) is 11.1 Å². The van der Waals surface area contributed by atoms with Gasteiger partial charge in [-0.3, -0.25) is 0 Å². The van der Waals surface area contributed by atoms with E-state index in [4.69, 9.17) is 23.2 Å². The van der Waals surface area contributed by atoms with E-state index in [9.17, 15) is 0 Å². The van der Waals surface area contributed by atoms with Crippen molar-refractivity contribution in [2.75, 3.05) is 20.6 Å². The van der Waals surface area contributed by atoms with Crippen LogP contribution in [-0.4, -0.2) is 25.5 Å². The Bertz CT molecular complexity index is 352.